The van der Waals surface area contributed by atoms with E-state index in [1.165, 1.54) is 25.3 Å². The third-order valence-corrected chi connectivity index (χ3v) is 2.56. The monoisotopic (exact) mass is 267 g/mol. The molecule has 3 nitrogen and oxygen atoms in total. The standard InChI is InChI=1S/C13H8F3NO2/c1-18-9-4-2-8(3-5-9)12-10(6-17)11(7-19-12)13(14,15)16/h2-5,7H,1H3. The second kappa shape index (κ2) is 4.69. The molecule has 0 spiro atoms. The second-order valence-electron chi connectivity index (χ2n) is 3.69. The van der Waals surface area contributed by atoms with E-state index in [1.807, 2.05) is 0 Å². The van der Waals surface area contributed by atoms with Crippen LogP contribution in [0.4, 0.5) is 13.2 Å². The molecule has 1 aromatic heterocycles. The predicted octanol–water partition coefficient (Wildman–Crippen LogP) is 3.85. The zero-order valence-corrected chi connectivity index (χ0v) is 9.78. The fourth-order valence-electron chi connectivity index (χ4n) is 1.63. The molecule has 0 N–H and O–H groups in total. The Balaban J connectivity index is 2.51. The van der Waals surface area contributed by atoms with Crippen LogP contribution in [0.1, 0.15) is 11.1 Å². The van der Waals surface area contributed by atoms with Crippen LogP contribution in [-0.2, 0) is 6.18 Å². The Morgan fingerprint density at radius 3 is 2.32 bits per heavy atom. The van der Waals surface area contributed by atoms with Crippen molar-refractivity contribution in [3.8, 4) is 23.1 Å². The van der Waals surface area contributed by atoms with Crippen molar-refractivity contribution >= 4 is 0 Å². The predicted molar refractivity (Wildman–Crippen MR) is 60.4 cm³/mol. The van der Waals surface area contributed by atoms with Gasteiger partial charge in [-0.3, -0.25) is 0 Å². The van der Waals surface area contributed by atoms with Gasteiger partial charge in [-0.2, -0.15) is 18.4 Å². The number of nitriles is 1. The van der Waals surface area contributed by atoms with E-state index in [4.69, 9.17) is 14.4 Å². The van der Waals surface area contributed by atoms with Crippen LogP contribution in [0.2, 0.25) is 0 Å². The highest BCUT2D eigenvalue weighted by Crippen LogP contribution is 2.38. The van der Waals surface area contributed by atoms with Crippen molar-refractivity contribution in [3.63, 3.8) is 0 Å². The molecule has 0 radical (unpaired) electrons. The molecule has 2 rings (SSSR count). The Morgan fingerprint density at radius 2 is 1.84 bits per heavy atom. The molecule has 0 aliphatic carbocycles. The van der Waals surface area contributed by atoms with Crippen LogP contribution in [0.15, 0.2) is 34.9 Å². The highest BCUT2D eigenvalue weighted by Gasteiger charge is 2.37. The maximum Gasteiger partial charge on any atom is 0.420 e. The Bertz CT molecular complexity index is 621. The molecule has 98 valence electrons. The number of benzene rings is 1. The van der Waals surface area contributed by atoms with Gasteiger partial charge in [0.05, 0.1) is 7.11 Å². The number of halogens is 3. The van der Waals surface area contributed by atoms with Gasteiger partial charge in [0.1, 0.15) is 29.2 Å². The van der Waals surface area contributed by atoms with E-state index in [1.54, 1.807) is 12.1 Å². The molecule has 0 aliphatic rings. The Morgan fingerprint density at radius 1 is 1.21 bits per heavy atom. The van der Waals surface area contributed by atoms with Crippen LogP contribution in [0.5, 0.6) is 5.75 Å². The summed E-state index contributed by atoms with van der Waals surface area (Å²) < 4.78 is 47.8. The van der Waals surface area contributed by atoms with Gasteiger partial charge in [0, 0.05) is 5.56 Å². The number of ether oxygens (including phenoxy) is 1. The van der Waals surface area contributed by atoms with E-state index < -0.39 is 17.3 Å². The van der Waals surface area contributed by atoms with Gasteiger partial charge in [-0.1, -0.05) is 0 Å². The summed E-state index contributed by atoms with van der Waals surface area (Å²) in [6.45, 7) is 0. The van der Waals surface area contributed by atoms with Crippen LogP contribution in [0.3, 0.4) is 0 Å². The van der Waals surface area contributed by atoms with Crippen LogP contribution in [0.25, 0.3) is 11.3 Å². The number of furan rings is 1. The van der Waals surface area contributed by atoms with E-state index in [0.717, 1.165) is 0 Å². The minimum Gasteiger partial charge on any atom is -0.497 e. The number of rotatable bonds is 2. The molecule has 0 aliphatic heterocycles. The molecular formula is C13H8F3NO2. The van der Waals surface area contributed by atoms with E-state index in [0.29, 0.717) is 17.6 Å². The summed E-state index contributed by atoms with van der Waals surface area (Å²) >= 11 is 0. The Hall–Kier alpha value is -2.42. The molecule has 0 saturated carbocycles. The fourth-order valence-corrected chi connectivity index (χ4v) is 1.63. The van der Waals surface area contributed by atoms with Crippen molar-refractivity contribution in [2.24, 2.45) is 0 Å². The molecule has 0 saturated heterocycles. The lowest BCUT2D eigenvalue weighted by atomic mass is 10.1. The average molecular weight is 267 g/mol. The van der Waals surface area contributed by atoms with E-state index in [2.05, 4.69) is 0 Å². The topological polar surface area (TPSA) is 46.2 Å². The molecular weight excluding hydrogens is 259 g/mol. The summed E-state index contributed by atoms with van der Waals surface area (Å²) in [6, 6.07) is 7.74. The number of alkyl halides is 3. The molecule has 0 amide bonds. The van der Waals surface area contributed by atoms with Gasteiger partial charge in [0.25, 0.3) is 0 Å². The smallest absolute Gasteiger partial charge is 0.420 e. The third-order valence-electron chi connectivity index (χ3n) is 2.56. The summed E-state index contributed by atoms with van der Waals surface area (Å²) in [4.78, 5) is 0. The molecule has 0 unspecified atom stereocenters. The van der Waals surface area contributed by atoms with Crippen molar-refractivity contribution in [1.29, 1.82) is 5.26 Å². The van der Waals surface area contributed by atoms with E-state index in [9.17, 15) is 13.2 Å². The first-order valence-electron chi connectivity index (χ1n) is 5.20. The quantitative estimate of drug-likeness (QED) is 0.830. The second-order valence-corrected chi connectivity index (χ2v) is 3.69. The molecule has 0 bridgehead atoms. The van der Waals surface area contributed by atoms with Gasteiger partial charge in [0.15, 0.2) is 5.76 Å². The molecule has 0 atom stereocenters. The zero-order valence-electron chi connectivity index (χ0n) is 9.78. The van der Waals surface area contributed by atoms with Gasteiger partial charge < -0.3 is 9.15 Å². The molecule has 19 heavy (non-hydrogen) atoms. The minimum atomic E-state index is -4.61. The Labute approximate surface area is 106 Å². The summed E-state index contributed by atoms with van der Waals surface area (Å²) in [6.07, 6.45) is -4.06. The zero-order chi connectivity index (χ0) is 14.0. The summed E-state index contributed by atoms with van der Waals surface area (Å²) in [5, 5.41) is 8.88. The fraction of sp³-hybridized carbons (Fsp3) is 0.154. The molecule has 2 aromatic rings. The molecule has 1 heterocycles. The lowest BCUT2D eigenvalue weighted by Gasteiger charge is -2.03. The van der Waals surface area contributed by atoms with Gasteiger partial charge in [-0.25, -0.2) is 0 Å². The number of nitrogens with zero attached hydrogens (tertiary/aromatic N) is 1. The van der Waals surface area contributed by atoms with Gasteiger partial charge >= 0.3 is 6.18 Å². The minimum absolute atomic E-state index is 0.0996. The number of hydrogen-bond donors (Lipinski definition) is 0. The average Bonchev–Trinajstić information content (AvgIpc) is 2.82. The normalized spacial score (nSPS) is 11.1. The summed E-state index contributed by atoms with van der Waals surface area (Å²) in [5.74, 6) is 0.460. The first kappa shape index (κ1) is 13.0. The van der Waals surface area contributed by atoms with Crippen molar-refractivity contribution in [2.75, 3.05) is 7.11 Å². The number of methoxy groups -OCH3 is 1. The van der Waals surface area contributed by atoms with Crippen LogP contribution >= 0.6 is 0 Å². The SMILES string of the molecule is COc1ccc(-c2occ(C(F)(F)F)c2C#N)cc1. The van der Waals surface area contributed by atoms with Crippen LogP contribution in [-0.4, -0.2) is 7.11 Å². The van der Waals surface area contributed by atoms with Crippen LogP contribution < -0.4 is 4.74 Å². The summed E-state index contributed by atoms with van der Waals surface area (Å²) in [5.41, 5.74) is -1.20. The highest BCUT2D eigenvalue weighted by atomic mass is 19.4. The van der Waals surface area contributed by atoms with E-state index >= 15 is 0 Å². The third kappa shape index (κ3) is 2.40. The maximum atomic E-state index is 12.7. The first-order valence-corrected chi connectivity index (χ1v) is 5.20. The van der Waals surface area contributed by atoms with Crippen molar-refractivity contribution in [2.45, 2.75) is 6.18 Å². The lowest BCUT2D eigenvalue weighted by Crippen LogP contribution is -2.05. The largest absolute Gasteiger partial charge is 0.497 e. The lowest BCUT2D eigenvalue weighted by molar-refractivity contribution is -0.138. The molecule has 0 fully saturated rings. The number of hydrogen-bond acceptors (Lipinski definition) is 3. The van der Waals surface area contributed by atoms with Crippen molar-refractivity contribution in [1.82, 2.24) is 0 Å². The molecule has 6 heteroatoms. The summed E-state index contributed by atoms with van der Waals surface area (Å²) in [7, 11) is 1.48. The van der Waals surface area contributed by atoms with Crippen LogP contribution in [0, 0.1) is 11.3 Å². The van der Waals surface area contributed by atoms with Crippen molar-refractivity contribution < 1.29 is 22.3 Å². The van der Waals surface area contributed by atoms with Crippen molar-refractivity contribution in [3.05, 3.63) is 41.7 Å². The molecule has 1 aromatic carbocycles. The van der Waals surface area contributed by atoms with Gasteiger partial charge in [0.2, 0.25) is 0 Å². The van der Waals surface area contributed by atoms with Gasteiger partial charge in [-0.15, -0.1) is 0 Å². The Kier molecular flexibility index (Phi) is 3.21. The van der Waals surface area contributed by atoms with E-state index in [-0.39, 0.29) is 5.76 Å². The maximum absolute atomic E-state index is 12.7. The first-order chi connectivity index (χ1) is 8.97. The highest BCUT2D eigenvalue weighted by molar-refractivity contribution is 5.67. The van der Waals surface area contributed by atoms with Gasteiger partial charge in [-0.05, 0) is 24.3 Å².